The fraction of sp³-hybridized carbons (Fsp3) is 0.400. The number of ether oxygens (including phenoxy) is 2. The van der Waals surface area contributed by atoms with Crippen molar-refractivity contribution in [1.82, 2.24) is 10.6 Å². The standard InChI is InChI=1S/C15H20N2O5/c1-2-21-10-6-9-16-15(20)17-13(18)11-22-14(19)12-7-4-3-5-8-12/h3-5,7-8H,2,6,9-11H2,1H3,(H2,16,17,18,20). The number of carbonyl (C=O) groups is 3. The van der Waals surface area contributed by atoms with Gasteiger partial charge in [-0.05, 0) is 25.5 Å². The van der Waals surface area contributed by atoms with Crippen LogP contribution in [0.15, 0.2) is 30.3 Å². The average Bonchev–Trinajstić information content (AvgIpc) is 2.53. The lowest BCUT2D eigenvalue weighted by Crippen LogP contribution is -2.41. The van der Waals surface area contributed by atoms with Crippen molar-refractivity contribution in [3.8, 4) is 0 Å². The number of hydrogen-bond acceptors (Lipinski definition) is 5. The van der Waals surface area contributed by atoms with Crippen LogP contribution >= 0.6 is 0 Å². The van der Waals surface area contributed by atoms with Crippen molar-refractivity contribution >= 4 is 17.9 Å². The average molecular weight is 308 g/mol. The second-order valence-corrected chi connectivity index (χ2v) is 4.30. The third-order valence-corrected chi connectivity index (χ3v) is 2.55. The lowest BCUT2D eigenvalue weighted by molar-refractivity contribution is -0.123. The number of carbonyl (C=O) groups excluding carboxylic acids is 3. The molecule has 2 N–H and O–H groups in total. The molecule has 0 saturated heterocycles. The van der Waals surface area contributed by atoms with Crippen LogP contribution in [0.4, 0.5) is 4.79 Å². The normalized spacial score (nSPS) is 9.86. The minimum Gasteiger partial charge on any atom is -0.452 e. The summed E-state index contributed by atoms with van der Waals surface area (Å²) in [6.07, 6.45) is 0.651. The Morgan fingerprint density at radius 1 is 1.14 bits per heavy atom. The second-order valence-electron chi connectivity index (χ2n) is 4.30. The zero-order valence-electron chi connectivity index (χ0n) is 12.5. The SMILES string of the molecule is CCOCCCNC(=O)NC(=O)COC(=O)c1ccccc1. The smallest absolute Gasteiger partial charge is 0.338 e. The van der Waals surface area contributed by atoms with Gasteiger partial charge in [0.1, 0.15) is 0 Å². The molecule has 0 aliphatic rings. The summed E-state index contributed by atoms with van der Waals surface area (Å²) in [5, 5.41) is 4.57. The van der Waals surface area contributed by atoms with Gasteiger partial charge in [-0.2, -0.15) is 0 Å². The Morgan fingerprint density at radius 2 is 1.86 bits per heavy atom. The summed E-state index contributed by atoms with van der Waals surface area (Å²) in [4.78, 5) is 34.4. The number of esters is 1. The van der Waals surface area contributed by atoms with Crippen molar-refractivity contribution in [3.63, 3.8) is 0 Å². The van der Waals surface area contributed by atoms with Gasteiger partial charge >= 0.3 is 12.0 Å². The van der Waals surface area contributed by atoms with E-state index >= 15 is 0 Å². The van der Waals surface area contributed by atoms with E-state index in [4.69, 9.17) is 9.47 Å². The van der Waals surface area contributed by atoms with Crippen molar-refractivity contribution in [3.05, 3.63) is 35.9 Å². The number of nitrogens with one attached hydrogen (secondary N) is 2. The van der Waals surface area contributed by atoms with Crippen LogP contribution in [0.3, 0.4) is 0 Å². The van der Waals surface area contributed by atoms with Crippen LogP contribution in [0.1, 0.15) is 23.7 Å². The Kier molecular flexibility index (Phi) is 8.29. The maximum Gasteiger partial charge on any atom is 0.338 e. The lowest BCUT2D eigenvalue weighted by atomic mass is 10.2. The highest BCUT2D eigenvalue weighted by Crippen LogP contribution is 2.00. The van der Waals surface area contributed by atoms with E-state index in [1.54, 1.807) is 30.3 Å². The Balaban J connectivity index is 2.17. The quantitative estimate of drug-likeness (QED) is 0.554. The van der Waals surface area contributed by atoms with Gasteiger partial charge in [-0.15, -0.1) is 0 Å². The molecule has 0 aliphatic heterocycles. The summed E-state index contributed by atoms with van der Waals surface area (Å²) in [7, 11) is 0. The van der Waals surface area contributed by atoms with E-state index in [9.17, 15) is 14.4 Å². The molecule has 3 amide bonds. The molecule has 0 unspecified atom stereocenters. The second kappa shape index (κ2) is 10.3. The molecule has 0 fully saturated rings. The Morgan fingerprint density at radius 3 is 2.55 bits per heavy atom. The first-order chi connectivity index (χ1) is 10.6. The van der Waals surface area contributed by atoms with Crippen LogP contribution in [0, 0.1) is 0 Å². The molecular formula is C15H20N2O5. The van der Waals surface area contributed by atoms with Crippen molar-refractivity contribution in [1.29, 1.82) is 0 Å². The zero-order chi connectivity index (χ0) is 16.2. The highest BCUT2D eigenvalue weighted by Gasteiger charge is 2.11. The molecule has 22 heavy (non-hydrogen) atoms. The molecule has 1 aromatic carbocycles. The van der Waals surface area contributed by atoms with Crippen LogP contribution in [-0.4, -0.2) is 44.3 Å². The van der Waals surface area contributed by atoms with Gasteiger partial charge in [-0.3, -0.25) is 10.1 Å². The molecule has 7 nitrogen and oxygen atoms in total. The van der Waals surface area contributed by atoms with Crippen LogP contribution in [0.5, 0.6) is 0 Å². The van der Waals surface area contributed by atoms with Gasteiger partial charge in [0.25, 0.3) is 5.91 Å². The van der Waals surface area contributed by atoms with Crippen LogP contribution in [0.25, 0.3) is 0 Å². The predicted octanol–water partition coefficient (Wildman–Crippen LogP) is 1.10. The van der Waals surface area contributed by atoms with E-state index in [-0.39, 0.29) is 0 Å². The summed E-state index contributed by atoms with van der Waals surface area (Å²) in [6, 6.07) is 7.66. The summed E-state index contributed by atoms with van der Waals surface area (Å²) < 4.78 is 9.90. The molecule has 0 bridgehead atoms. The fourth-order valence-corrected chi connectivity index (χ4v) is 1.52. The predicted molar refractivity (Wildman–Crippen MR) is 79.4 cm³/mol. The molecule has 0 spiro atoms. The summed E-state index contributed by atoms with van der Waals surface area (Å²) in [5.41, 5.74) is 0.343. The maximum absolute atomic E-state index is 11.6. The highest BCUT2D eigenvalue weighted by atomic mass is 16.5. The number of urea groups is 1. The van der Waals surface area contributed by atoms with Gasteiger partial charge in [0.15, 0.2) is 6.61 Å². The summed E-state index contributed by atoms with van der Waals surface area (Å²) >= 11 is 0. The monoisotopic (exact) mass is 308 g/mol. The van der Waals surface area contributed by atoms with E-state index < -0.39 is 24.5 Å². The fourth-order valence-electron chi connectivity index (χ4n) is 1.52. The lowest BCUT2D eigenvalue weighted by Gasteiger charge is -2.07. The third kappa shape index (κ3) is 7.39. The van der Waals surface area contributed by atoms with E-state index in [0.717, 1.165) is 0 Å². The van der Waals surface area contributed by atoms with Gasteiger partial charge in [0.2, 0.25) is 0 Å². The van der Waals surface area contributed by atoms with Crippen LogP contribution in [-0.2, 0) is 14.3 Å². The van der Waals surface area contributed by atoms with Gasteiger partial charge in [0, 0.05) is 19.8 Å². The Hall–Kier alpha value is -2.41. The molecule has 0 heterocycles. The molecule has 1 rings (SSSR count). The molecule has 0 aromatic heterocycles. The molecule has 0 saturated carbocycles. The first-order valence-electron chi connectivity index (χ1n) is 7.01. The third-order valence-electron chi connectivity index (χ3n) is 2.55. The Bertz CT molecular complexity index is 490. The van der Waals surface area contributed by atoms with E-state index in [0.29, 0.717) is 31.7 Å². The van der Waals surface area contributed by atoms with Crippen molar-refractivity contribution in [2.75, 3.05) is 26.4 Å². The summed E-state index contributed by atoms with van der Waals surface area (Å²) in [5.74, 6) is -1.31. The highest BCUT2D eigenvalue weighted by molar-refractivity contribution is 5.96. The molecule has 0 atom stereocenters. The molecule has 1 aromatic rings. The number of amides is 3. The van der Waals surface area contributed by atoms with E-state index in [1.165, 1.54) is 0 Å². The minimum atomic E-state index is -0.688. The molecular weight excluding hydrogens is 288 g/mol. The van der Waals surface area contributed by atoms with Crippen molar-refractivity contribution < 1.29 is 23.9 Å². The van der Waals surface area contributed by atoms with Gasteiger partial charge < -0.3 is 14.8 Å². The molecule has 0 radical (unpaired) electrons. The van der Waals surface area contributed by atoms with Crippen molar-refractivity contribution in [2.24, 2.45) is 0 Å². The Labute approximate surface area is 129 Å². The first kappa shape index (κ1) is 17.6. The van der Waals surface area contributed by atoms with Crippen LogP contribution < -0.4 is 10.6 Å². The minimum absolute atomic E-state index is 0.343. The zero-order valence-corrected chi connectivity index (χ0v) is 12.5. The molecule has 0 aliphatic carbocycles. The van der Waals surface area contributed by atoms with Crippen molar-refractivity contribution in [2.45, 2.75) is 13.3 Å². The number of imide groups is 1. The topological polar surface area (TPSA) is 93.7 Å². The van der Waals surface area contributed by atoms with Gasteiger partial charge in [-0.1, -0.05) is 18.2 Å². The number of rotatable bonds is 8. The molecule has 120 valence electrons. The van der Waals surface area contributed by atoms with Crippen LogP contribution in [0.2, 0.25) is 0 Å². The largest absolute Gasteiger partial charge is 0.452 e. The summed E-state index contributed by atoms with van der Waals surface area (Å²) in [6.45, 7) is 2.93. The number of hydrogen-bond donors (Lipinski definition) is 2. The first-order valence-corrected chi connectivity index (χ1v) is 7.01. The number of benzene rings is 1. The van der Waals surface area contributed by atoms with Gasteiger partial charge in [-0.25, -0.2) is 9.59 Å². The van der Waals surface area contributed by atoms with Gasteiger partial charge in [0.05, 0.1) is 5.56 Å². The van der Waals surface area contributed by atoms with E-state index in [1.807, 2.05) is 6.92 Å². The molecule has 7 heteroatoms. The van der Waals surface area contributed by atoms with E-state index in [2.05, 4.69) is 10.6 Å². The maximum atomic E-state index is 11.6.